The van der Waals surface area contributed by atoms with E-state index in [1.54, 1.807) is 13.8 Å². The number of nitrogens with zero attached hydrogens (tertiary/aromatic N) is 3. The van der Waals surface area contributed by atoms with Gasteiger partial charge >= 0.3 is 11.4 Å². The number of nitro benzene ring substituents is 1. The summed E-state index contributed by atoms with van der Waals surface area (Å²) in [5, 5.41) is 15.2. The molecule has 2 aromatic rings. The fraction of sp³-hybridized carbons (Fsp3) is 0.333. The number of nitro groups is 1. The number of H-pyrrole nitrogens is 1. The molecule has 0 atom stereocenters. The van der Waals surface area contributed by atoms with Crippen LogP contribution in [0.15, 0.2) is 28.1 Å². The maximum Gasteiger partial charge on any atom is 0.345 e. The molecule has 0 aliphatic carbocycles. The highest BCUT2D eigenvalue weighted by molar-refractivity contribution is 5.93. The van der Waals surface area contributed by atoms with E-state index in [1.807, 2.05) is 6.92 Å². The minimum Gasteiger partial charge on any atom is -0.490 e. The highest BCUT2D eigenvalue weighted by Gasteiger charge is 2.22. The number of aryl methyl sites for hydroxylation is 1. The van der Waals surface area contributed by atoms with Crippen LogP contribution in [0.3, 0.4) is 0 Å². The lowest BCUT2D eigenvalue weighted by atomic mass is 10.2. The zero-order chi connectivity index (χ0) is 21.4. The summed E-state index contributed by atoms with van der Waals surface area (Å²) in [6.07, 6.45) is 1.89. The first-order valence-corrected chi connectivity index (χ1v) is 8.85. The van der Waals surface area contributed by atoms with Gasteiger partial charge in [0.2, 0.25) is 5.75 Å². The van der Waals surface area contributed by atoms with E-state index < -0.39 is 16.5 Å². The minimum absolute atomic E-state index is 0.0445. The Morgan fingerprint density at radius 2 is 2.10 bits per heavy atom. The monoisotopic (exact) mass is 403 g/mol. The van der Waals surface area contributed by atoms with Crippen molar-refractivity contribution in [1.29, 1.82) is 0 Å². The van der Waals surface area contributed by atoms with Crippen LogP contribution < -0.4 is 20.6 Å². The molecule has 0 fully saturated rings. The number of rotatable bonds is 9. The van der Waals surface area contributed by atoms with Gasteiger partial charge in [0.05, 0.1) is 24.4 Å². The van der Waals surface area contributed by atoms with Gasteiger partial charge in [-0.15, -0.1) is 0 Å². The zero-order valence-electron chi connectivity index (χ0n) is 16.2. The molecule has 2 N–H and O–H groups in total. The molecule has 0 aliphatic rings. The Bertz CT molecular complexity index is 985. The predicted octanol–water partition coefficient (Wildman–Crippen LogP) is 1.94. The summed E-state index contributed by atoms with van der Waals surface area (Å²) in [5.41, 5.74) is 1.98. The molecule has 1 aromatic carbocycles. The average molecular weight is 403 g/mol. The molecule has 1 aromatic heterocycles. The summed E-state index contributed by atoms with van der Waals surface area (Å²) in [4.78, 5) is 40.2. The van der Waals surface area contributed by atoms with Gasteiger partial charge in [-0.3, -0.25) is 14.9 Å². The lowest BCUT2D eigenvalue weighted by Crippen LogP contribution is -2.24. The second-order valence-corrected chi connectivity index (χ2v) is 5.86. The number of nitrogens with one attached hydrogen (secondary N) is 2. The first-order chi connectivity index (χ1) is 13.8. The van der Waals surface area contributed by atoms with Crippen molar-refractivity contribution in [3.63, 3.8) is 0 Å². The third-order valence-corrected chi connectivity index (χ3v) is 3.50. The molecule has 0 aliphatic heterocycles. The molecular weight excluding hydrogens is 382 g/mol. The molecule has 11 heteroatoms. The van der Waals surface area contributed by atoms with Gasteiger partial charge in [-0.1, -0.05) is 6.92 Å². The van der Waals surface area contributed by atoms with Crippen molar-refractivity contribution in [3.05, 3.63) is 55.7 Å². The van der Waals surface area contributed by atoms with Crippen LogP contribution in [-0.4, -0.2) is 40.2 Å². The van der Waals surface area contributed by atoms with E-state index in [1.165, 1.54) is 24.4 Å². The smallest absolute Gasteiger partial charge is 0.345 e. The Labute approximate surface area is 165 Å². The standard InChI is InChI=1S/C18H21N5O6/c1-4-6-29-16-14(23(26)27)8-12(9-15(16)28-5-2)10-19-22-17(24)13-7-11(3)20-18(25)21-13/h7-10H,4-6H2,1-3H3,(H,22,24)(H,20,21,25)/b19-10+. The van der Waals surface area contributed by atoms with Gasteiger partial charge in [-0.2, -0.15) is 10.1 Å². The Morgan fingerprint density at radius 3 is 2.72 bits per heavy atom. The van der Waals surface area contributed by atoms with Crippen molar-refractivity contribution < 1.29 is 19.2 Å². The largest absolute Gasteiger partial charge is 0.490 e. The van der Waals surface area contributed by atoms with E-state index in [0.29, 0.717) is 24.3 Å². The molecule has 154 valence electrons. The van der Waals surface area contributed by atoms with Crippen LogP contribution in [0.2, 0.25) is 0 Å². The van der Waals surface area contributed by atoms with Gasteiger partial charge in [0.25, 0.3) is 5.91 Å². The number of hydrogen-bond donors (Lipinski definition) is 2. The minimum atomic E-state index is -0.696. The normalized spacial score (nSPS) is 10.7. The third-order valence-electron chi connectivity index (χ3n) is 3.50. The van der Waals surface area contributed by atoms with Crippen molar-refractivity contribution in [2.24, 2.45) is 5.10 Å². The van der Waals surface area contributed by atoms with E-state index in [2.05, 4.69) is 20.5 Å². The van der Waals surface area contributed by atoms with Gasteiger partial charge in [0.1, 0.15) is 5.69 Å². The average Bonchev–Trinajstić information content (AvgIpc) is 2.66. The lowest BCUT2D eigenvalue weighted by Gasteiger charge is -2.12. The molecule has 1 amide bonds. The van der Waals surface area contributed by atoms with E-state index in [9.17, 15) is 19.7 Å². The summed E-state index contributed by atoms with van der Waals surface area (Å²) in [5.74, 6) is -0.448. The number of hydrogen-bond acceptors (Lipinski definition) is 8. The maximum atomic E-state index is 12.1. The molecule has 0 unspecified atom stereocenters. The van der Waals surface area contributed by atoms with Crippen molar-refractivity contribution in [1.82, 2.24) is 15.4 Å². The van der Waals surface area contributed by atoms with Crippen LogP contribution in [0, 0.1) is 17.0 Å². The molecular formula is C18H21N5O6. The number of hydrazone groups is 1. The van der Waals surface area contributed by atoms with Crippen LogP contribution in [0.25, 0.3) is 0 Å². The maximum absolute atomic E-state index is 12.1. The number of amides is 1. The number of benzene rings is 1. The van der Waals surface area contributed by atoms with Gasteiger partial charge in [0, 0.05) is 17.3 Å². The molecule has 0 saturated carbocycles. The van der Waals surface area contributed by atoms with Crippen LogP contribution in [0.1, 0.15) is 42.0 Å². The summed E-state index contributed by atoms with van der Waals surface area (Å²) in [7, 11) is 0. The molecule has 0 spiro atoms. The molecule has 11 nitrogen and oxygen atoms in total. The molecule has 2 rings (SSSR count). The SMILES string of the molecule is CCCOc1c(OCC)cc(/C=N/NC(=O)c2cc(C)[nH]c(=O)n2)cc1[N+](=O)[O-]. The molecule has 0 saturated heterocycles. The number of aromatic amines is 1. The first kappa shape index (κ1) is 21.5. The second-order valence-electron chi connectivity index (χ2n) is 5.86. The fourth-order valence-corrected chi connectivity index (χ4v) is 2.35. The van der Waals surface area contributed by atoms with Crippen molar-refractivity contribution in [2.45, 2.75) is 27.2 Å². The van der Waals surface area contributed by atoms with E-state index in [-0.39, 0.29) is 29.5 Å². The van der Waals surface area contributed by atoms with Gasteiger partial charge < -0.3 is 14.5 Å². The van der Waals surface area contributed by atoms with Gasteiger partial charge in [-0.25, -0.2) is 10.2 Å². The topological polar surface area (TPSA) is 149 Å². The third kappa shape index (κ3) is 5.86. The summed E-state index contributed by atoms with van der Waals surface area (Å²) in [6.45, 7) is 5.82. The zero-order valence-corrected chi connectivity index (χ0v) is 16.2. The fourth-order valence-electron chi connectivity index (χ4n) is 2.35. The van der Waals surface area contributed by atoms with E-state index in [4.69, 9.17) is 9.47 Å². The highest BCUT2D eigenvalue weighted by Crippen LogP contribution is 2.38. The second kappa shape index (κ2) is 9.97. The van der Waals surface area contributed by atoms with Crippen LogP contribution >= 0.6 is 0 Å². The van der Waals surface area contributed by atoms with Crippen LogP contribution in [0.4, 0.5) is 5.69 Å². The van der Waals surface area contributed by atoms with Gasteiger partial charge in [-0.05, 0) is 32.4 Å². The van der Waals surface area contributed by atoms with Crippen molar-refractivity contribution in [3.8, 4) is 11.5 Å². The Kier molecular flexibility index (Phi) is 7.40. The number of carbonyl (C=O) groups is 1. The number of carbonyl (C=O) groups excluding carboxylic acids is 1. The van der Waals surface area contributed by atoms with Crippen LogP contribution in [0.5, 0.6) is 11.5 Å². The Balaban J connectivity index is 2.27. The molecule has 29 heavy (non-hydrogen) atoms. The van der Waals surface area contributed by atoms with Gasteiger partial charge in [0.15, 0.2) is 5.75 Å². The summed E-state index contributed by atoms with van der Waals surface area (Å²) < 4.78 is 10.9. The molecule has 1 heterocycles. The number of aromatic nitrogens is 2. The number of ether oxygens (including phenoxy) is 2. The molecule has 0 bridgehead atoms. The van der Waals surface area contributed by atoms with E-state index in [0.717, 1.165) is 0 Å². The predicted molar refractivity (Wildman–Crippen MR) is 105 cm³/mol. The summed E-state index contributed by atoms with van der Waals surface area (Å²) >= 11 is 0. The first-order valence-electron chi connectivity index (χ1n) is 8.85. The van der Waals surface area contributed by atoms with Crippen molar-refractivity contribution in [2.75, 3.05) is 13.2 Å². The summed E-state index contributed by atoms with van der Waals surface area (Å²) in [6, 6.07) is 4.18. The Morgan fingerprint density at radius 1 is 1.34 bits per heavy atom. The Hall–Kier alpha value is -3.76. The van der Waals surface area contributed by atoms with E-state index >= 15 is 0 Å². The lowest BCUT2D eigenvalue weighted by molar-refractivity contribution is -0.386. The quantitative estimate of drug-likeness (QED) is 0.369. The highest BCUT2D eigenvalue weighted by atomic mass is 16.6. The molecule has 0 radical (unpaired) electrons. The van der Waals surface area contributed by atoms with Crippen LogP contribution in [-0.2, 0) is 0 Å². The van der Waals surface area contributed by atoms with Crippen molar-refractivity contribution >= 4 is 17.8 Å².